The SMILES string of the molecule is O=C(O)/C(CCN1CCNC1=O)=C(/CCN1CCNC1=O)C(=O)O. The van der Waals surface area contributed by atoms with E-state index in [1.807, 2.05) is 0 Å². The predicted molar refractivity (Wildman–Crippen MR) is 81.5 cm³/mol. The summed E-state index contributed by atoms with van der Waals surface area (Å²) in [6.07, 6.45) is -0.118. The van der Waals surface area contributed by atoms with Crippen molar-refractivity contribution < 1.29 is 29.4 Å². The standard InChI is InChI=1S/C14H20N4O6/c19-11(20)9(1-5-17-7-3-15-13(17)23)10(12(21)22)2-6-18-8-4-16-14(18)24/h1-8H2,(H,15,23)(H,16,24)(H,19,20)(H,21,22)/b10-9-. The number of carboxylic acid groups (broad SMARTS) is 2. The lowest BCUT2D eigenvalue weighted by molar-refractivity contribution is -0.136. The lowest BCUT2D eigenvalue weighted by atomic mass is 10.0. The maximum absolute atomic E-state index is 11.5. The maximum Gasteiger partial charge on any atom is 0.332 e. The third kappa shape index (κ3) is 4.15. The molecule has 0 atom stereocenters. The van der Waals surface area contributed by atoms with Gasteiger partial charge in [-0.1, -0.05) is 0 Å². The molecule has 0 spiro atoms. The van der Waals surface area contributed by atoms with E-state index < -0.39 is 11.9 Å². The number of hydrogen-bond donors (Lipinski definition) is 4. The lowest BCUT2D eigenvalue weighted by Gasteiger charge is -2.17. The first-order chi connectivity index (χ1) is 11.4. The Bertz CT molecular complexity index is 538. The summed E-state index contributed by atoms with van der Waals surface area (Å²) in [5, 5.41) is 23.9. The van der Waals surface area contributed by atoms with Gasteiger partial charge in [-0.15, -0.1) is 0 Å². The number of nitrogens with zero attached hydrogens (tertiary/aromatic N) is 2. The average Bonchev–Trinajstić information content (AvgIpc) is 3.10. The zero-order valence-corrected chi connectivity index (χ0v) is 13.1. The molecule has 2 aliphatic heterocycles. The first-order valence-electron chi connectivity index (χ1n) is 7.64. The highest BCUT2D eigenvalue weighted by Crippen LogP contribution is 2.16. The van der Waals surface area contributed by atoms with Gasteiger partial charge in [-0.05, 0) is 12.8 Å². The molecule has 0 aromatic carbocycles. The summed E-state index contributed by atoms with van der Waals surface area (Å²) in [5.74, 6) is -2.64. The van der Waals surface area contributed by atoms with Gasteiger partial charge in [-0.3, -0.25) is 0 Å². The van der Waals surface area contributed by atoms with Gasteiger partial charge in [0.2, 0.25) is 0 Å². The van der Waals surface area contributed by atoms with Crippen LogP contribution in [0.15, 0.2) is 11.1 Å². The first-order valence-corrected chi connectivity index (χ1v) is 7.64. The predicted octanol–water partition coefficient (Wildman–Crippen LogP) is -0.717. The summed E-state index contributed by atoms with van der Waals surface area (Å²) in [6.45, 7) is 2.16. The molecule has 2 rings (SSSR count). The maximum atomic E-state index is 11.5. The third-order valence-corrected chi connectivity index (χ3v) is 4.03. The van der Waals surface area contributed by atoms with Gasteiger partial charge in [0, 0.05) is 50.4 Å². The third-order valence-electron chi connectivity index (χ3n) is 4.03. The number of aliphatic carboxylic acids is 2. The van der Waals surface area contributed by atoms with Gasteiger partial charge in [0.25, 0.3) is 0 Å². The van der Waals surface area contributed by atoms with E-state index in [9.17, 15) is 29.4 Å². The molecule has 132 valence electrons. The van der Waals surface area contributed by atoms with Gasteiger partial charge < -0.3 is 30.6 Å². The Labute approximate surface area is 138 Å². The van der Waals surface area contributed by atoms with Gasteiger partial charge in [-0.2, -0.15) is 0 Å². The molecule has 10 nitrogen and oxygen atoms in total. The van der Waals surface area contributed by atoms with Crippen LogP contribution in [-0.4, -0.2) is 83.3 Å². The minimum atomic E-state index is -1.32. The summed E-state index contributed by atoms with van der Waals surface area (Å²) < 4.78 is 0. The summed E-state index contributed by atoms with van der Waals surface area (Å²) >= 11 is 0. The van der Waals surface area contributed by atoms with E-state index in [2.05, 4.69) is 10.6 Å². The number of rotatable bonds is 8. The number of nitrogens with one attached hydrogen (secondary N) is 2. The smallest absolute Gasteiger partial charge is 0.332 e. The second-order valence-corrected chi connectivity index (χ2v) is 5.51. The van der Waals surface area contributed by atoms with Crippen LogP contribution >= 0.6 is 0 Å². The van der Waals surface area contributed by atoms with Crippen molar-refractivity contribution in [3.8, 4) is 0 Å². The molecule has 2 fully saturated rings. The molecular weight excluding hydrogens is 320 g/mol. The number of amides is 4. The molecular formula is C14H20N4O6. The van der Waals surface area contributed by atoms with Crippen LogP contribution in [0.25, 0.3) is 0 Å². The fourth-order valence-electron chi connectivity index (χ4n) is 2.72. The Morgan fingerprint density at radius 3 is 1.46 bits per heavy atom. The van der Waals surface area contributed by atoms with Crippen molar-refractivity contribution >= 4 is 24.0 Å². The summed E-state index contributed by atoms with van der Waals surface area (Å²) in [6, 6.07) is -0.573. The normalized spacial score (nSPS) is 18.3. The Balaban J connectivity index is 2.07. The zero-order chi connectivity index (χ0) is 17.7. The highest BCUT2D eigenvalue weighted by atomic mass is 16.4. The van der Waals surface area contributed by atoms with Gasteiger partial charge in [0.15, 0.2) is 0 Å². The van der Waals surface area contributed by atoms with Gasteiger partial charge in [0.05, 0.1) is 0 Å². The monoisotopic (exact) mass is 340 g/mol. The second kappa shape index (κ2) is 7.66. The molecule has 24 heavy (non-hydrogen) atoms. The summed E-state index contributed by atoms with van der Waals surface area (Å²) in [4.78, 5) is 48.8. The van der Waals surface area contributed by atoms with E-state index >= 15 is 0 Å². The van der Waals surface area contributed by atoms with Crippen molar-refractivity contribution in [2.75, 3.05) is 39.3 Å². The quantitative estimate of drug-likeness (QED) is 0.430. The van der Waals surface area contributed by atoms with Crippen molar-refractivity contribution in [1.82, 2.24) is 20.4 Å². The highest BCUT2D eigenvalue weighted by molar-refractivity contribution is 5.99. The second-order valence-electron chi connectivity index (χ2n) is 5.51. The Morgan fingerprint density at radius 1 is 0.833 bits per heavy atom. The van der Waals surface area contributed by atoms with Crippen LogP contribution < -0.4 is 10.6 Å². The summed E-state index contributed by atoms with van der Waals surface area (Å²) in [7, 11) is 0. The van der Waals surface area contributed by atoms with Crippen molar-refractivity contribution in [3.05, 3.63) is 11.1 Å². The van der Waals surface area contributed by atoms with Gasteiger partial charge in [0.1, 0.15) is 0 Å². The lowest BCUT2D eigenvalue weighted by Crippen LogP contribution is -2.31. The minimum absolute atomic E-state index is 0.0589. The van der Waals surface area contributed by atoms with Crippen LogP contribution in [0.2, 0.25) is 0 Å². The van der Waals surface area contributed by atoms with Crippen LogP contribution in [0.5, 0.6) is 0 Å². The molecule has 0 bridgehead atoms. The van der Waals surface area contributed by atoms with Crippen molar-refractivity contribution in [3.63, 3.8) is 0 Å². The highest BCUT2D eigenvalue weighted by Gasteiger charge is 2.26. The Morgan fingerprint density at radius 2 is 1.21 bits per heavy atom. The first kappa shape index (κ1) is 17.6. The average molecular weight is 340 g/mol. The number of hydrogen-bond acceptors (Lipinski definition) is 4. The molecule has 2 saturated heterocycles. The molecule has 2 aliphatic rings. The van der Waals surface area contributed by atoms with Crippen molar-refractivity contribution in [2.45, 2.75) is 12.8 Å². The molecule has 0 aromatic heterocycles. The van der Waals surface area contributed by atoms with E-state index in [4.69, 9.17) is 0 Å². The number of carbonyl (C=O) groups is 4. The van der Waals surface area contributed by atoms with Crippen molar-refractivity contribution in [1.29, 1.82) is 0 Å². The van der Waals surface area contributed by atoms with Gasteiger partial charge >= 0.3 is 24.0 Å². The van der Waals surface area contributed by atoms with E-state index in [0.29, 0.717) is 26.2 Å². The molecule has 10 heteroatoms. The zero-order valence-electron chi connectivity index (χ0n) is 13.1. The molecule has 0 aromatic rings. The topological polar surface area (TPSA) is 139 Å². The number of urea groups is 2. The molecule has 4 amide bonds. The van der Waals surface area contributed by atoms with E-state index in [1.165, 1.54) is 9.80 Å². The van der Waals surface area contributed by atoms with E-state index in [1.54, 1.807) is 0 Å². The van der Waals surface area contributed by atoms with Crippen molar-refractivity contribution in [2.24, 2.45) is 0 Å². The Kier molecular flexibility index (Phi) is 5.61. The minimum Gasteiger partial charge on any atom is -0.478 e. The number of carbonyl (C=O) groups excluding carboxylic acids is 2. The molecule has 0 saturated carbocycles. The fourth-order valence-corrected chi connectivity index (χ4v) is 2.72. The number of carboxylic acids is 2. The van der Waals surface area contributed by atoms with E-state index in [-0.39, 0.29) is 49.1 Å². The fraction of sp³-hybridized carbons (Fsp3) is 0.571. The van der Waals surface area contributed by atoms with Crippen LogP contribution in [-0.2, 0) is 9.59 Å². The van der Waals surface area contributed by atoms with Crippen LogP contribution in [0.1, 0.15) is 12.8 Å². The summed E-state index contributed by atoms with van der Waals surface area (Å²) in [5.41, 5.74) is -0.469. The molecule has 0 unspecified atom stereocenters. The largest absolute Gasteiger partial charge is 0.478 e. The van der Waals surface area contributed by atoms with Crippen LogP contribution in [0.4, 0.5) is 9.59 Å². The molecule has 2 heterocycles. The van der Waals surface area contributed by atoms with Crippen LogP contribution in [0.3, 0.4) is 0 Å². The molecule has 4 N–H and O–H groups in total. The Hall–Kier alpha value is -2.78. The van der Waals surface area contributed by atoms with Crippen LogP contribution in [0, 0.1) is 0 Å². The van der Waals surface area contributed by atoms with E-state index in [0.717, 1.165) is 0 Å². The van der Waals surface area contributed by atoms with Gasteiger partial charge in [-0.25, -0.2) is 19.2 Å². The molecule has 0 aliphatic carbocycles. The molecule has 0 radical (unpaired) electrons.